The third-order valence-corrected chi connectivity index (χ3v) is 11.6. The molecule has 0 bridgehead atoms. The highest BCUT2D eigenvalue weighted by atomic mass is 32.1. The fraction of sp³-hybridized carbons (Fsp3) is 0. The van der Waals surface area contributed by atoms with Gasteiger partial charge in [0.15, 0.2) is 0 Å². The van der Waals surface area contributed by atoms with Crippen LogP contribution >= 0.6 is 11.3 Å². The van der Waals surface area contributed by atoms with Crippen LogP contribution in [0.2, 0.25) is 0 Å². The Morgan fingerprint density at radius 1 is 0.321 bits per heavy atom. The number of thiazole rings is 1. The second kappa shape index (κ2) is 11.9. The molecule has 0 saturated heterocycles. The van der Waals surface area contributed by atoms with Gasteiger partial charge in [-0.2, -0.15) is 0 Å². The average Bonchev–Trinajstić information content (AvgIpc) is 3.68. The molecule has 0 amide bonds. The number of aromatic nitrogens is 3. The molecule has 4 heteroatoms. The Morgan fingerprint density at radius 3 is 1.53 bits per heavy atom. The van der Waals surface area contributed by atoms with Crippen molar-refractivity contribution in [2.45, 2.75) is 0 Å². The van der Waals surface area contributed by atoms with Crippen LogP contribution in [0.5, 0.6) is 0 Å². The third kappa shape index (κ3) is 4.99. The molecule has 3 nitrogen and oxygen atoms in total. The molecule has 8 aromatic carbocycles. The summed E-state index contributed by atoms with van der Waals surface area (Å²) < 4.78 is 1.19. The molecule has 0 aliphatic carbocycles. The van der Waals surface area contributed by atoms with Crippen LogP contribution in [-0.4, -0.2) is 15.0 Å². The summed E-state index contributed by atoms with van der Waals surface area (Å²) in [5, 5.41) is 10.9. The van der Waals surface area contributed by atoms with E-state index in [0.717, 1.165) is 60.4 Å². The van der Waals surface area contributed by atoms with Crippen molar-refractivity contribution in [1.82, 2.24) is 15.0 Å². The standard InChI is InChI=1S/C49H29N3S/c1-2-12-39-37(10-1)38-11-3-4-13-40(38)42-29-34(22-25-41(39)42)30-16-18-31(19-17-30)43-26-23-32-20-21-33-24-27-44(51-48(33)47(32)50-43)35-8-7-9-36(28-35)49-52-45-14-5-6-15-46(45)53-49/h1-29H. The summed E-state index contributed by atoms with van der Waals surface area (Å²) in [6, 6.07) is 62.8. The van der Waals surface area contributed by atoms with Crippen LogP contribution in [0.1, 0.15) is 0 Å². The molecular weight excluding hydrogens is 663 g/mol. The Balaban J connectivity index is 0.961. The molecule has 0 atom stereocenters. The fourth-order valence-corrected chi connectivity index (χ4v) is 8.78. The van der Waals surface area contributed by atoms with E-state index in [4.69, 9.17) is 15.0 Å². The number of benzene rings is 8. The minimum absolute atomic E-state index is 0.903. The van der Waals surface area contributed by atoms with Gasteiger partial charge in [0.1, 0.15) is 5.01 Å². The summed E-state index contributed by atoms with van der Waals surface area (Å²) in [5.74, 6) is 0. The lowest BCUT2D eigenvalue weighted by Gasteiger charge is -2.12. The molecule has 3 heterocycles. The van der Waals surface area contributed by atoms with E-state index < -0.39 is 0 Å². The van der Waals surface area contributed by atoms with Gasteiger partial charge in [0.05, 0.1) is 32.6 Å². The maximum absolute atomic E-state index is 5.23. The highest BCUT2D eigenvalue weighted by Gasteiger charge is 2.13. The zero-order chi connectivity index (χ0) is 34.9. The first-order chi connectivity index (χ1) is 26.2. The fourth-order valence-electron chi connectivity index (χ4n) is 7.82. The molecule has 53 heavy (non-hydrogen) atoms. The molecule has 0 N–H and O–H groups in total. The molecule has 246 valence electrons. The van der Waals surface area contributed by atoms with E-state index in [0.29, 0.717) is 0 Å². The van der Waals surface area contributed by atoms with Gasteiger partial charge in [-0.25, -0.2) is 15.0 Å². The largest absolute Gasteiger partial charge is 0.245 e. The predicted molar refractivity (Wildman–Crippen MR) is 224 cm³/mol. The van der Waals surface area contributed by atoms with E-state index in [-0.39, 0.29) is 0 Å². The zero-order valence-electron chi connectivity index (χ0n) is 28.5. The topological polar surface area (TPSA) is 38.7 Å². The molecule has 0 spiro atoms. The molecule has 0 radical (unpaired) electrons. The Hall–Kier alpha value is -6.75. The van der Waals surface area contributed by atoms with Gasteiger partial charge in [0.2, 0.25) is 0 Å². The molecule has 11 aromatic rings. The van der Waals surface area contributed by atoms with Crippen molar-refractivity contribution in [3.63, 3.8) is 0 Å². The normalized spacial score (nSPS) is 11.8. The molecule has 0 saturated carbocycles. The molecule has 0 aliphatic heterocycles. The highest BCUT2D eigenvalue weighted by molar-refractivity contribution is 7.21. The highest BCUT2D eigenvalue weighted by Crippen LogP contribution is 2.38. The average molecular weight is 692 g/mol. The van der Waals surface area contributed by atoms with Crippen LogP contribution in [0.25, 0.3) is 109 Å². The van der Waals surface area contributed by atoms with E-state index in [1.165, 1.54) is 48.1 Å². The molecular formula is C49H29N3S. The quantitative estimate of drug-likeness (QED) is 0.172. The number of pyridine rings is 2. The van der Waals surface area contributed by atoms with Crippen molar-refractivity contribution in [2.75, 3.05) is 0 Å². The second-order valence-corrected chi connectivity index (χ2v) is 14.6. The van der Waals surface area contributed by atoms with Crippen LogP contribution in [0, 0.1) is 0 Å². The van der Waals surface area contributed by atoms with E-state index in [2.05, 4.69) is 170 Å². The summed E-state index contributed by atoms with van der Waals surface area (Å²) >= 11 is 1.72. The Kier molecular flexibility index (Phi) is 6.73. The number of nitrogens with zero attached hydrogens (tertiary/aromatic N) is 3. The van der Waals surface area contributed by atoms with Crippen molar-refractivity contribution >= 4 is 75.7 Å². The Morgan fingerprint density at radius 2 is 0.849 bits per heavy atom. The van der Waals surface area contributed by atoms with Gasteiger partial charge in [-0.05, 0) is 79.8 Å². The minimum Gasteiger partial charge on any atom is -0.245 e. The predicted octanol–water partition coefficient (Wildman–Crippen LogP) is 13.5. The molecule has 0 aliphatic rings. The first-order valence-corrected chi connectivity index (χ1v) is 18.7. The minimum atomic E-state index is 0.903. The summed E-state index contributed by atoms with van der Waals surface area (Å²) in [4.78, 5) is 15.3. The summed E-state index contributed by atoms with van der Waals surface area (Å²) in [5.41, 5.74) is 10.3. The van der Waals surface area contributed by atoms with Crippen molar-refractivity contribution in [3.05, 3.63) is 176 Å². The monoisotopic (exact) mass is 691 g/mol. The lowest BCUT2D eigenvalue weighted by molar-refractivity contribution is 1.36. The number of hydrogen-bond donors (Lipinski definition) is 0. The summed E-state index contributed by atoms with van der Waals surface area (Å²) in [6.07, 6.45) is 0. The van der Waals surface area contributed by atoms with Crippen LogP contribution in [-0.2, 0) is 0 Å². The molecule has 0 fully saturated rings. The van der Waals surface area contributed by atoms with Gasteiger partial charge in [-0.3, -0.25) is 0 Å². The summed E-state index contributed by atoms with van der Waals surface area (Å²) in [7, 11) is 0. The van der Waals surface area contributed by atoms with E-state index in [9.17, 15) is 0 Å². The third-order valence-electron chi connectivity index (χ3n) is 10.5. The van der Waals surface area contributed by atoms with E-state index >= 15 is 0 Å². The lowest BCUT2D eigenvalue weighted by atomic mass is 9.92. The van der Waals surface area contributed by atoms with Gasteiger partial charge in [-0.15, -0.1) is 11.3 Å². The zero-order valence-corrected chi connectivity index (χ0v) is 29.3. The van der Waals surface area contributed by atoms with Gasteiger partial charge in [0.25, 0.3) is 0 Å². The van der Waals surface area contributed by atoms with Crippen LogP contribution in [0.4, 0.5) is 0 Å². The summed E-state index contributed by atoms with van der Waals surface area (Å²) in [6.45, 7) is 0. The van der Waals surface area contributed by atoms with Gasteiger partial charge < -0.3 is 0 Å². The van der Waals surface area contributed by atoms with E-state index in [1.807, 2.05) is 6.07 Å². The maximum atomic E-state index is 5.23. The number of para-hydroxylation sites is 1. The van der Waals surface area contributed by atoms with Crippen molar-refractivity contribution in [2.24, 2.45) is 0 Å². The second-order valence-electron chi connectivity index (χ2n) is 13.6. The van der Waals surface area contributed by atoms with Gasteiger partial charge >= 0.3 is 0 Å². The SMILES string of the molecule is c1cc(-c2ccc3ccc4ccc(-c5ccc(-c6ccc7c8ccccc8c8ccccc8c7c6)cc5)nc4c3n2)cc(-c2nc3ccccc3s2)c1. The smallest absolute Gasteiger partial charge is 0.124 e. The Bertz CT molecular complexity index is 3170. The van der Waals surface area contributed by atoms with Crippen molar-refractivity contribution in [1.29, 1.82) is 0 Å². The van der Waals surface area contributed by atoms with Gasteiger partial charge in [-0.1, -0.05) is 140 Å². The first kappa shape index (κ1) is 29.9. The van der Waals surface area contributed by atoms with E-state index in [1.54, 1.807) is 11.3 Å². The molecule has 11 rings (SSSR count). The van der Waals surface area contributed by atoms with Crippen LogP contribution in [0.15, 0.2) is 176 Å². The van der Waals surface area contributed by atoms with Gasteiger partial charge in [0, 0.05) is 27.5 Å². The van der Waals surface area contributed by atoms with Crippen LogP contribution < -0.4 is 0 Å². The number of hydrogen-bond acceptors (Lipinski definition) is 4. The molecule has 0 unspecified atom stereocenters. The first-order valence-electron chi connectivity index (χ1n) is 17.8. The Labute approximate surface area is 309 Å². The maximum Gasteiger partial charge on any atom is 0.124 e. The number of rotatable bonds is 4. The number of fused-ring (bicyclic) bond motifs is 10. The van der Waals surface area contributed by atoms with Crippen molar-refractivity contribution in [3.8, 4) is 44.2 Å². The van der Waals surface area contributed by atoms with Crippen molar-refractivity contribution < 1.29 is 0 Å². The van der Waals surface area contributed by atoms with Crippen LogP contribution in [0.3, 0.4) is 0 Å². The lowest BCUT2D eigenvalue weighted by Crippen LogP contribution is -1.91. The molecule has 3 aromatic heterocycles.